The molecule has 1 rings (SSSR count). The van der Waals surface area contributed by atoms with Gasteiger partial charge < -0.3 is 5.32 Å². The Hall–Kier alpha value is -0.540. The largest absolute Gasteiger partial charge is 0.313 e. The van der Waals surface area contributed by atoms with Crippen LogP contribution in [-0.4, -0.2) is 11.8 Å². The van der Waals surface area contributed by atoms with Gasteiger partial charge in [0, 0.05) is 16.7 Å². The van der Waals surface area contributed by atoms with Gasteiger partial charge in [-0.3, -0.25) is 0 Å². The van der Waals surface area contributed by atoms with Crippen molar-refractivity contribution in [3.63, 3.8) is 0 Å². The van der Waals surface area contributed by atoms with Gasteiger partial charge >= 0.3 is 0 Å². The summed E-state index contributed by atoms with van der Waals surface area (Å²) in [5.41, 5.74) is 1.02. The summed E-state index contributed by atoms with van der Waals surface area (Å²) in [6, 6.07) is 5.57. The van der Waals surface area contributed by atoms with E-state index >= 15 is 0 Å². The van der Waals surface area contributed by atoms with Crippen LogP contribution in [0.5, 0.6) is 0 Å². The lowest BCUT2D eigenvalue weighted by atomic mass is 10.2. The summed E-state index contributed by atoms with van der Waals surface area (Å²) >= 11 is 1.62. The number of hydrogen-bond acceptors (Lipinski definition) is 2. The van der Waals surface area contributed by atoms with Crippen molar-refractivity contribution in [1.29, 1.82) is 0 Å². The maximum atomic E-state index is 13.9. The van der Waals surface area contributed by atoms with E-state index in [4.69, 9.17) is 0 Å². The number of benzene rings is 1. The van der Waals surface area contributed by atoms with E-state index in [0.29, 0.717) is 11.2 Å². The van der Waals surface area contributed by atoms with E-state index in [1.54, 1.807) is 17.8 Å². The monoisotopic (exact) mass is 269 g/mol. The molecule has 1 nitrogen and oxygen atoms in total. The van der Waals surface area contributed by atoms with Crippen molar-refractivity contribution in [3.05, 3.63) is 29.6 Å². The average Bonchev–Trinajstić information content (AvgIpc) is 2.32. The molecule has 0 fully saturated rings. The van der Waals surface area contributed by atoms with Crippen LogP contribution in [0, 0.1) is 11.7 Å². The van der Waals surface area contributed by atoms with Gasteiger partial charge in [-0.2, -0.15) is 0 Å². The lowest BCUT2D eigenvalue weighted by Gasteiger charge is -2.15. The summed E-state index contributed by atoms with van der Waals surface area (Å²) in [4.78, 5) is 0.760. The van der Waals surface area contributed by atoms with Crippen LogP contribution in [0.15, 0.2) is 23.1 Å². The molecule has 1 unspecified atom stereocenters. The third-order valence-electron chi connectivity index (χ3n) is 3.00. The second kappa shape index (κ2) is 7.80. The van der Waals surface area contributed by atoms with Crippen LogP contribution in [0.25, 0.3) is 0 Å². The molecule has 3 heteroatoms. The van der Waals surface area contributed by atoms with Crippen LogP contribution in [0.3, 0.4) is 0 Å². The van der Waals surface area contributed by atoms with E-state index in [1.807, 2.05) is 12.1 Å². The SMILES string of the molecule is CCCNCc1ccc(SC(C)C(C)C)c(F)c1. The van der Waals surface area contributed by atoms with Crippen molar-refractivity contribution in [3.8, 4) is 0 Å². The summed E-state index contributed by atoms with van der Waals surface area (Å²) in [6.45, 7) is 10.3. The molecule has 102 valence electrons. The number of rotatable bonds is 7. The first-order valence-electron chi connectivity index (χ1n) is 6.70. The molecule has 0 aliphatic carbocycles. The van der Waals surface area contributed by atoms with Crippen LogP contribution in [0.1, 0.15) is 39.7 Å². The lowest BCUT2D eigenvalue weighted by Crippen LogP contribution is -2.14. The van der Waals surface area contributed by atoms with E-state index in [2.05, 4.69) is 33.0 Å². The minimum atomic E-state index is -0.0942. The van der Waals surface area contributed by atoms with Gasteiger partial charge in [0.1, 0.15) is 5.82 Å². The molecular weight excluding hydrogens is 245 g/mol. The molecule has 1 aromatic carbocycles. The van der Waals surface area contributed by atoms with Crippen LogP contribution in [-0.2, 0) is 6.54 Å². The normalized spacial score (nSPS) is 13.0. The Balaban J connectivity index is 2.62. The van der Waals surface area contributed by atoms with Gasteiger partial charge in [0.05, 0.1) is 0 Å². The van der Waals surface area contributed by atoms with Gasteiger partial charge in [0.25, 0.3) is 0 Å². The first-order valence-corrected chi connectivity index (χ1v) is 7.58. The van der Waals surface area contributed by atoms with Crippen LogP contribution in [0.4, 0.5) is 4.39 Å². The smallest absolute Gasteiger partial charge is 0.137 e. The Morgan fingerprint density at radius 3 is 2.56 bits per heavy atom. The van der Waals surface area contributed by atoms with Gasteiger partial charge in [-0.25, -0.2) is 4.39 Å². The third-order valence-corrected chi connectivity index (χ3v) is 4.51. The van der Waals surface area contributed by atoms with E-state index < -0.39 is 0 Å². The zero-order chi connectivity index (χ0) is 13.5. The second-order valence-electron chi connectivity index (χ2n) is 5.01. The molecule has 0 aliphatic heterocycles. The first kappa shape index (κ1) is 15.5. The van der Waals surface area contributed by atoms with Gasteiger partial charge in [-0.05, 0) is 36.6 Å². The second-order valence-corrected chi connectivity index (χ2v) is 6.43. The molecule has 0 amide bonds. The van der Waals surface area contributed by atoms with Crippen molar-refractivity contribution in [2.75, 3.05) is 6.54 Å². The van der Waals surface area contributed by atoms with Gasteiger partial charge in [0.15, 0.2) is 0 Å². The quantitative estimate of drug-likeness (QED) is 0.579. The molecule has 18 heavy (non-hydrogen) atoms. The zero-order valence-electron chi connectivity index (χ0n) is 11.8. The first-order chi connectivity index (χ1) is 8.54. The summed E-state index contributed by atoms with van der Waals surface area (Å²) in [5.74, 6) is 0.462. The minimum Gasteiger partial charge on any atom is -0.313 e. The Bertz CT molecular complexity index is 366. The number of thioether (sulfide) groups is 1. The fraction of sp³-hybridized carbons (Fsp3) is 0.600. The topological polar surface area (TPSA) is 12.0 Å². The Morgan fingerprint density at radius 1 is 1.28 bits per heavy atom. The average molecular weight is 269 g/mol. The van der Waals surface area contributed by atoms with Crippen molar-refractivity contribution in [2.45, 2.75) is 50.8 Å². The molecule has 0 saturated heterocycles. The molecule has 0 saturated carbocycles. The van der Waals surface area contributed by atoms with Gasteiger partial charge in [-0.15, -0.1) is 11.8 Å². The highest BCUT2D eigenvalue weighted by atomic mass is 32.2. The maximum Gasteiger partial charge on any atom is 0.137 e. The molecule has 1 aromatic rings. The van der Waals surface area contributed by atoms with Crippen LogP contribution in [0.2, 0.25) is 0 Å². The molecule has 0 spiro atoms. The molecular formula is C15H24FNS. The van der Waals surface area contributed by atoms with Crippen LogP contribution < -0.4 is 5.32 Å². The zero-order valence-corrected chi connectivity index (χ0v) is 12.6. The van der Waals surface area contributed by atoms with Crippen molar-refractivity contribution < 1.29 is 4.39 Å². The highest BCUT2D eigenvalue weighted by Crippen LogP contribution is 2.30. The lowest BCUT2D eigenvalue weighted by molar-refractivity contribution is 0.591. The number of nitrogens with one attached hydrogen (secondary N) is 1. The molecule has 0 aliphatic rings. The Labute approximate surface area is 115 Å². The van der Waals surface area contributed by atoms with Crippen molar-refractivity contribution in [2.24, 2.45) is 5.92 Å². The van der Waals surface area contributed by atoms with Gasteiger partial charge in [0.2, 0.25) is 0 Å². The van der Waals surface area contributed by atoms with E-state index in [9.17, 15) is 4.39 Å². The number of hydrogen-bond donors (Lipinski definition) is 1. The minimum absolute atomic E-state index is 0.0942. The maximum absolute atomic E-state index is 13.9. The Kier molecular flexibility index (Phi) is 6.72. The molecule has 1 atom stereocenters. The predicted octanol–water partition coefficient (Wildman–Crippen LogP) is 4.46. The molecule has 0 bridgehead atoms. The summed E-state index contributed by atoms with van der Waals surface area (Å²) in [5, 5.41) is 3.72. The highest BCUT2D eigenvalue weighted by Gasteiger charge is 2.12. The Morgan fingerprint density at radius 2 is 2.00 bits per heavy atom. The fourth-order valence-electron chi connectivity index (χ4n) is 1.50. The fourth-order valence-corrected chi connectivity index (χ4v) is 2.49. The van der Waals surface area contributed by atoms with E-state index in [-0.39, 0.29) is 5.82 Å². The molecule has 0 radical (unpaired) electrons. The predicted molar refractivity (Wildman–Crippen MR) is 78.6 cm³/mol. The molecule has 0 heterocycles. The van der Waals surface area contributed by atoms with Crippen molar-refractivity contribution in [1.82, 2.24) is 5.32 Å². The van der Waals surface area contributed by atoms with E-state index in [1.165, 1.54) is 0 Å². The van der Waals surface area contributed by atoms with Gasteiger partial charge in [-0.1, -0.05) is 33.8 Å². The van der Waals surface area contributed by atoms with Crippen molar-refractivity contribution >= 4 is 11.8 Å². The molecule has 1 N–H and O–H groups in total. The standard InChI is InChI=1S/C15H24FNS/c1-5-8-17-10-13-6-7-15(14(16)9-13)18-12(4)11(2)3/h6-7,9,11-12,17H,5,8,10H2,1-4H3. The third kappa shape index (κ3) is 4.99. The van der Waals surface area contributed by atoms with Crippen LogP contribution >= 0.6 is 11.8 Å². The number of halogens is 1. The summed E-state index contributed by atoms with van der Waals surface area (Å²) < 4.78 is 13.9. The van der Waals surface area contributed by atoms with E-state index in [0.717, 1.165) is 30.0 Å². The highest BCUT2D eigenvalue weighted by molar-refractivity contribution is 8.00. The molecule has 0 aromatic heterocycles. The summed E-state index contributed by atoms with van der Waals surface area (Å²) in [6.07, 6.45) is 1.10. The summed E-state index contributed by atoms with van der Waals surface area (Å²) in [7, 11) is 0.